The van der Waals surface area contributed by atoms with Gasteiger partial charge in [-0.1, -0.05) is 36.4 Å². The van der Waals surface area contributed by atoms with Crippen molar-refractivity contribution in [3.63, 3.8) is 0 Å². The number of benzene rings is 2. The molecule has 0 radical (unpaired) electrons. The van der Waals surface area contributed by atoms with Gasteiger partial charge < -0.3 is 10.2 Å². The zero-order valence-electron chi connectivity index (χ0n) is 12.0. The van der Waals surface area contributed by atoms with Gasteiger partial charge in [-0.15, -0.1) is 0 Å². The zero-order valence-corrected chi connectivity index (χ0v) is 12.0. The summed E-state index contributed by atoms with van der Waals surface area (Å²) in [4.78, 5) is 25.8. The van der Waals surface area contributed by atoms with Crippen LogP contribution in [0.25, 0.3) is 10.8 Å². The molecule has 108 valence electrons. The molecule has 0 spiro atoms. The Kier molecular flexibility index (Phi) is 3.60. The van der Waals surface area contributed by atoms with Crippen molar-refractivity contribution in [3.05, 3.63) is 42.5 Å². The Morgan fingerprint density at radius 2 is 2.00 bits per heavy atom. The lowest BCUT2D eigenvalue weighted by Gasteiger charge is -2.14. The van der Waals surface area contributed by atoms with E-state index in [9.17, 15) is 9.59 Å². The summed E-state index contributed by atoms with van der Waals surface area (Å²) in [5.41, 5.74) is 0.806. The molecular formula is C17H18N2O2. The molecule has 4 nitrogen and oxygen atoms in total. The van der Waals surface area contributed by atoms with Gasteiger partial charge in [0.25, 0.3) is 0 Å². The monoisotopic (exact) mass is 282 g/mol. The van der Waals surface area contributed by atoms with Gasteiger partial charge in [-0.05, 0) is 18.4 Å². The third-order valence-corrected chi connectivity index (χ3v) is 4.01. The minimum atomic E-state index is -0.253. The molecule has 1 aliphatic heterocycles. The smallest absolute Gasteiger partial charge is 0.229 e. The molecule has 1 N–H and O–H groups in total. The van der Waals surface area contributed by atoms with Crippen molar-refractivity contribution in [3.8, 4) is 0 Å². The number of rotatable bonds is 3. The van der Waals surface area contributed by atoms with Gasteiger partial charge in [0.1, 0.15) is 0 Å². The molecule has 1 heterocycles. The second kappa shape index (κ2) is 5.56. The molecule has 1 saturated heterocycles. The highest BCUT2D eigenvalue weighted by Gasteiger charge is 2.33. The maximum absolute atomic E-state index is 12.4. The number of nitrogens with zero attached hydrogens (tertiary/aromatic N) is 1. The molecule has 2 aromatic rings. The number of nitrogens with one attached hydrogen (secondary N) is 1. The van der Waals surface area contributed by atoms with Crippen molar-refractivity contribution in [1.82, 2.24) is 4.90 Å². The summed E-state index contributed by atoms with van der Waals surface area (Å²) in [7, 11) is 0. The minimum absolute atomic E-state index is 0.0653. The third kappa shape index (κ3) is 2.61. The number of carbonyl (C=O) groups is 2. The molecule has 0 saturated carbocycles. The second-order valence-corrected chi connectivity index (χ2v) is 5.35. The quantitative estimate of drug-likeness (QED) is 0.941. The fourth-order valence-corrected chi connectivity index (χ4v) is 2.82. The SMILES string of the molecule is CCN1CC(C(=O)Nc2cccc3ccccc23)CC1=O. The summed E-state index contributed by atoms with van der Waals surface area (Å²) in [6.07, 6.45) is 0.310. The third-order valence-electron chi connectivity index (χ3n) is 4.01. The van der Waals surface area contributed by atoms with Crippen LogP contribution in [0.5, 0.6) is 0 Å². The van der Waals surface area contributed by atoms with Gasteiger partial charge in [0.2, 0.25) is 11.8 Å². The summed E-state index contributed by atoms with van der Waals surface area (Å²) in [6.45, 7) is 3.12. The Balaban J connectivity index is 1.80. The molecule has 2 aromatic carbocycles. The standard InChI is InChI=1S/C17H18N2O2/c1-2-19-11-13(10-16(19)20)17(21)18-15-9-5-7-12-6-3-4-8-14(12)15/h3-9,13H,2,10-11H2,1H3,(H,18,21). The molecule has 0 bridgehead atoms. The average molecular weight is 282 g/mol. The Morgan fingerprint density at radius 3 is 2.76 bits per heavy atom. The molecule has 0 aliphatic carbocycles. The zero-order chi connectivity index (χ0) is 14.8. The van der Waals surface area contributed by atoms with Crippen LogP contribution in [0.4, 0.5) is 5.69 Å². The summed E-state index contributed by atoms with van der Waals surface area (Å²) in [5.74, 6) is -0.261. The summed E-state index contributed by atoms with van der Waals surface area (Å²) < 4.78 is 0. The predicted octanol–water partition coefficient (Wildman–Crippen LogP) is 2.65. The first kappa shape index (κ1) is 13.6. The number of anilines is 1. The lowest BCUT2D eigenvalue weighted by Crippen LogP contribution is -2.28. The van der Waals surface area contributed by atoms with Crippen molar-refractivity contribution in [2.24, 2.45) is 5.92 Å². The normalized spacial score (nSPS) is 18.2. The van der Waals surface area contributed by atoms with Crippen LogP contribution in [0.2, 0.25) is 0 Å². The van der Waals surface area contributed by atoms with Crippen molar-refractivity contribution < 1.29 is 9.59 Å². The highest BCUT2D eigenvalue weighted by atomic mass is 16.2. The second-order valence-electron chi connectivity index (χ2n) is 5.35. The van der Waals surface area contributed by atoms with Crippen LogP contribution in [0.15, 0.2) is 42.5 Å². The van der Waals surface area contributed by atoms with Gasteiger partial charge in [0.05, 0.1) is 5.92 Å². The molecule has 3 rings (SSSR count). The van der Waals surface area contributed by atoms with Crippen LogP contribution in [-0.4, -0.2) is 29.8 Å². The topological polar surface area (TPSA) is 49.4 Å². The number of likely N-dealkylation sites (tertiary alicyclic amines) is 1. The highest BCUT2D eigenvalue weighted by molar-refractivity contribution is 6.04. The Bertz CT molecular complexity index is 691. The highest BCUT2D eigenvalue weighted by Crippen LogP contribution is 2.25. The molecular weight excluding hydrogens is 264 g/mol. The van der Waals surface area contributed by atoms with Crippen LogP contribution < -0.4 is 5.32 Å². The lowest BCUT2D eigenvalue weighted by atomic mass is 10.1. The van der Waals surface area contributed by atoms with Crippen molar-refractivity contribution in [1.29, 1.82) is 0 Å². The van der Waals surface area contributed by atoms with E-state index in [0.29, 0.717) is 19.5 Å². The first-order valence-electron chi connectivity index (χ1n) is 7.25. The maximum Gasteiger partial charge on any atom is 0.229 e. The van der Waals surface area contributed by atoms with E-state index in [2.05, 4.69) is 5.32 Å². The largest absolute Gasteiger partial charge is 0.342 e. The Hall–Kier alpha value is -2.36. The van der Waals surface area contributed by atoms with E-state index in [0.717, 1.165) is 16.5 Å². The number of hydrogen-bond donors (Lipinski definition) is 1. The first-order chi connectivity index (χ1) is 10.2. The maximum atomic E-state index is 12.4. The summed E-state index contributed by atoms with van der Waals surface area (Å²) in [6, 6.07) is 13.8. The summed E-state index contributed by atoms with van der Waals surface area (Å²) in [5, 5.41) is 5.08. The van der Waals surface area contributed by atoms with E-state index < -0.39 is 0 Å². The first-order valence-corrected chi connectivity index (χ1v) is 7.25. The van der Waals surface area contributed by atoms with Crippen LogP contribution in [0.1, 0.15) is 13.3 Å². The Labute approximate surface area is 123 Å². The van der Waals surface area contributed by atoms with Gasteiger partial charge >= 0.3 is 0 Å². The number of amides is 2. The van der Waals surface area contributed by atoms with Gasteiger partial charge in [-0.25, -0.2) is 0 Å². The predicted molar refractivity (Wildman–Crippen MR) is 82.9 cm³/mol. The molecule has 1 unspecified atom stereocenters. The molecule has 1 atom stereocenters. The molecule has 4 heteroatoms. The van der Waals surface area contributed by atoms with Crippen LogP contribution in [0.3, 0.4) is 0 Å². The molecule has 0 aromatic heterocycles. The van der Waals surface area contributed by atoms with Crippen LogP contribution in [-0.2, 0) is 9.59 Å². The van der Waals surface area contributed by atoms with Gasteiger partial charge in [0, 0.05) is 30.6 Å². The van der Waals surface area contributed by atoms with Crippen LogP contribution in [0, 0.1) is 5.92 Å². The van der Waals surface area contributed by atoms with E-state index in [4.69, 9.17) is 0 Å². The van der Waals surface area contributed by atoms with Gasteiger partial charge in [0.15, 0.2) is 0 Å². The average Bonchev–Trinajstić information content (AvgIpc) is 2.89. The van der Waals surface area contributed by atoms with Crippen molar-refractivity contribution in [2.75, 3.05) is 18.4 Å². The van der Waals surface area contributed by atoms with Gasteiger partial charge in [-0.2, -0.15) is 0 Å². The fourth-order valence-electron chi connectivity index (χ4n) is 2.82. The van der Waals surface area contributed by atoms with E-state index in [1.54, 1.807) is 4.90 Å². The van der Waals surface area contributed by atoms with E-state index in [-0.39, 0.29) is 17.7 Å². The van der Waals surface area contributed by atoms with E-state index in [1.807, 2.05) is 49.4 Å². The van der Waals surface area contributed by atoms with E-state index in [1.165, 1.54) is 0 Å². The minimum Gasteiger partial charge on any atom is -0.342 e. The van der Waals surface area contributed by atoms with Crippen LogP contribution >= 0.6 is 0 Å². The Morgan fingerprint density at radius 1 is 1.24 bits per heavy atom. The fraction of sp³-hybridized carbons (Fsp3) is 0.294. The van der Waals surface area contributed by atoms with Gasteiger partial charge in [-0.3, -0.25) is 9.59 Å². The summed E-state index contributed by atoms with van der Waals surface area (Å²) >= 11 is 0. The molecule has 1 aliphatic rings. The van der Waals surface area contributed by atoms with Crippen molar-refractivity contribution in [2.45, 2.75) is 13.3 Å². The van der Waals surface area contributed by atoms with Crippen molar-refractivity contribution >= 4 is 28.3 Å². The van der Waals surface area contributed by atoms with E-state index >= 15 is 0 Å². The lowest BCUT2D eigenvalue weighted by molar-refractivity contribution is -0.128. The number of hydrogen-bond acceptors (Lipinski definition) is 2. The molecule has 2 amide bonds. The number of fused-ring (bicyclic) bond motifs is 1. The molecule has 1 fully saturated rings. The number of carbonyl (C=O) groups excluding carboxylic acids is 2. The molecule has 21 heavy (non-hydrogen) atoms.